The van der Waals surface area contributed by atoms with Crippen LogP contribution in [0.5, 0.6) is 5.75 Å². The number of nitrogens with one attached hydrogen (secondary N) is 1. The summed E-state index contributed by atoms with van der Waals surface area (Å²) < 4.78 is 38.1. The van der Waals surface area contributed by atoms with Gasteiger partial charge < -0.3 is 14.4 Å². The van der Waals surface area contributed by atoms with Crippen molar-refractivity contribution in [1.29, 1.82) is 0 Å². The molecule has 2 aromatic carbocycles. The van der Waals surface area contributed by atoms with Crippen LogP contribution >= 0.6 is 0 Å². The van der Waals surface area contributed by atoms with Crippen LogP contribution in [0.1, 0.15) is 47.6 Å². The highest BCUT2D eigenvalue weighted by atomic mass is 19.3. The molecule has 0 radical (unpaired) electrons. The van der Waals surface area contributed by atoms with Gasteiger partial charge in [-0.25, -0.2) is 8.78 Å². The number of anilines is 1. The predicted molar refractivity (Wildman–Crippen MR) is 129 cm³/mol. The summed E-state index contributed by atoms with van der Waals surface area (Å²) in [4.78, 5) is 31.0. The van der Waals surface area contributed by atoms with Crippen LogP contribution in [-0.4, -0.2) is 66.2 Å². The van der Waals surface area contributed by atoms with Gasteiger partial charge in [0.2, 0.25) is 11.8 Å². The van der Waals surface area contributed by atoms with E-state index in [1.54, 1.807) is 12.1 Å². The first-order chi connectivity index (χ1) is 18.0. The Bertz CT molecular complexity index is 1260. The fourth-order valence-corrected chi connectivity index (χ4v) is 6.32. The maximum absolute atomic E-state index is 12.9. The number of hydrogen-bond donors (Lipinski definition) is 1. The van der Waals surface area contributed by atoms with Gasteiger partial charge in [-0.15, -0.1) is 0 Å². The van der Waals surface area contributed by atoms with E-state index < -0.39 is 6.43 Å². The van der Waals surface area contributed by atoms with Crippen LogP contribution in [0.4, 0.5) is 14.5 Å². The second kappa shape index (κ2) is 8.75. The van der Waals surface area contributed by atoms with Gasteiger partial charge in [-0.2, -0.15) is 0 Å². The lowest BCUT2D eigenvalue weighted by atomic mass is 9.93. The zero-order valence-electron chi connectivity index (χ0n) is 20.2. The molecule has 8 nitrogen and oxygen atoms in total. The first kappa shape index (κ1) is 23.1. The van der Waals surface area contributed by atoms with E-state index in [1.165, 1.54) is 12.1 Å². The van der Waals surface area contributed by atoms with Crippen LogP contribution in [0.2, 0.25) is 0 Å². The molecule has 7 rings (SSSR count). The van der Waals surface area contributed by atoms with Gasteiger partial charge in [0, 0.05) is 50.3 Å². The normalized spacial score (nSPS) is 29.1. The molecule has 0 bridgehead atoms. The quantitative estimate of drug-likeness (QED) is 0.501. The van der Waals surface area contributed by atoms with E-state index >= 15 is 0 Å². The van der Waals surface area contributed by atoms with Gasteiger partial charge in [0.05, 0.1) is 17.8 Å². The Morgan fingerprint density at radius 3 is 2.70 bits per heavy atom. The average Bonchev–Trinajstić information content (AvgIpc) is 3.70. The van der Waals surface area contributed by atoms with Crippen molar-refractivity contribution in [3.8, 4) is 5.75 Å². The van der Waals surface area contributed by atoms with Crippen LogP contribution in [0.25, 0.3) is 0 Å². The summed E-state index contributed by atoms with van der Waals surface area (Å²) in [6.45, 7) is 4.34. The lowest BCUT2D eigenvalue weighted by Crippen LogP contribution is -2.57. The van der Waals surface area contributed by atoms with Gasteiger partial charge in [-0.3, -0.25) is 24.7 Å². The number of piperazine rings is 1. The summed E-state index contributed by atoms with van der Waals surface area (Å²) in [7, 11) is 0. The van der Waals surface area contributed by atoms with Gasteiger partial charge in [0.25, 0.3) is 6.43 Å². The van der Waals surface area contributed by atoms with Gasteiger partial charge in [-0.05, 0) is 23.6 Å². The van der Waals surface area contributed by atoms with Crippen molar-refractivity contribution in [2.45, 2.75) is 56.8 Å². The summed E-state index contributed by atoms with van der Waals surface area (Å²) in [5, 5.41) is 2.47. The van der Waals surface area contributed by atoms with Crippen LogP contribution < -0.4 is 15.0 Å². The molecule has 5 aliphatic heterocycles. The van der Waals surface area contributed by atoms with E-state index in [-0.39, 0.29) is 41.8 Å². The molecule has 2 amide bonds. The third-order valence-electron chi connectivity index (χ3n) is 8.26. The number of amides is 2. The molecule has 5 heterocycles. The number of piperidine rings is 1. The zero-order valence-corrected chi connectivity index (χ0v) is 20.2. The van der Waals surface area contributed by atoms with Gasteiger partial charge >= 0.3 is 0 Å². The molecular weight excluding hydrogens is 482 g/mol. The molecule has 3 saturated heterocycles. The summed E-state index contributed by atoms with van der Waals surface area (Å²) >= 11 is 0. The fraction of sp³-hybridized carbons (Fsp3) is 0.481. The Labute approximate surface area is 213 Å². The first-order valence-electron chi connectivity index (χ1n) is 12.9. The predicted octanol–water partition coefficient (Wildman–Crippen LogP) is 2.73. The Kier molecular flexibility index (Phi) is 5.45. The number of ether oxygens (including phenoxy) is 2. The van der Waals surface area contributed by atoms with Crippen molar-refractivity contribution >= 4 is 17.5 Å². The van der Waals surface area contributed by atoms with Crippen LogP contribution in [0, 0.1) is 0 Å². The summed E-state index contributed by atoms with van der Waals surface area (Å²) in [5.41, 5.74) is 4.33. The number of fused-ring (bicyclic) bond motifs is 7. The third-order valence-corrected chi connectivity index (χ3v) is 8.26. The third kappa shape index (κ3) is 3.98. The van der Waals surface area contributed by atoms with Crippen LogP contribution in [0.15, 0.2) is 36.4 Å². The highest BCUT2D eigenvalue weighted by Crippen LogP contribution is 2.53. The molecule has 0 aliphatic carbocycles. The number of rotatable bonds is 4. The Hall–Kier alpha value is -3.08. The molecule has 194 valence electrons. The molecule has 3 fully saturated rings. The number of carbonyl (C=O) groups is 2. The lowest BCUT2D eigenvalue weighted by Gasteiger charge is -2.46. The molecule has 2 aromatic rings. The summed E-state index contributed by atoms with van der Waals surface area (Å²) in [5.74, 6) is 0.402. The molecule has 37 heavy (non-hydrogen) atoms. The number of epoxide rings is 1. The number of hydrogen-bond acceptors (Lipinski definition) is 7. The minimum absolute atomic E-state index is 0.0493. The van der Waals surface area contributed by atoms with Crippen molar-refractivity contribution in [3.63, 3.8) is 0 Å². The topological polar surface area (TPSA) is 77.7 Å². The minimum atomic E-state index is -2.45. The smallest absolute Gasteiger partial charge is 0.263 e. The van der Waals surface area contributed by atoms with Crippen molar-refractivity contribution in [2.24, 2.45) is 0 Å². The number of alkyl halides is 2. The molecule has 1 N–H and O–H groups in total. The van der Waals surface area contributed by atoms with Crippen LogP contribution in [0.3, 0.4) is 0 Å². The minimum Gasteiger partial charge on any atom is -0.489 e. The van der Waals surface area contributed by atoms with Gasteiger partial charge in [0.1, 0.15) is 24.7 Å². The monoisotopic (exact) mass is 510 g/mol. The summed E-state index contributed by atoms with van der Waals surface area (Å²) in [6.07, 6.45) is -1.82. The molecule has 0 spiro atoms. The van der Waals surface area contributed by atoms with E-state index in [1.807, 2.05) is 0 Å². The lowest BCUT2D eigenvalue weighted by molar-refractivity contribution is -0.138. The number of nitrogens with zero attached hydrogens (tertiary/aromatic N) is 3. The highest BCUT2D eigenvalue weighted by Gasteiger charge is 2.54. The maximum Gasteiger partial charge on any atom is 0.263 e. The Balaban J connectivity index is 1.08. The van der Waals surface area contributed by atoms with Crippen molar-refractivity contribution in [3.05, 3.63) is 58.7 Å². The van der Waals surface area contributed by atoms with E-state index in [9.17, 15) is 18.4 Å². The molecule has 5 aliphatic rings. The number of carbonyl (C=O) groups excluding carboxylic acids is 2. The standard InChI is InChI=1S/C27H28F2N4O4/c28-25(29)16-3-1-15(2-4-16)11-31-9-10-32-17(12-31)14-36-23-19-13-33(21-7-8-22(34)30-26(21)35)27-24(37-27)18(19)5-6-20(23)32/h1-6,17,21,24-25,27H,7-14H2,(H,30,34,35)/t17-,21-,24?,27?/m0/s1. The fourth-order valence-electron chi connectivity index (χ4n) is 6.32. The van der Waals surface area contributed by atoms with E-state index in [0.717, 1.165) is 47.8 Å². The molecule has 0 aromatic heterocycles. The molecule has 0 saturated carbocycles. The Morgan fingerprint density at radius 2 is 1.92 bits per heavy atom. The van der Waals surface area contributed by atoms with Crippen molar-refractivity contribution in [1.82, 2.24) is 15.1 Å². The van der Waals surface area contributed by atoms with Gasteiger partial charge in [0.15, 0.2) is 0 Å². The number of halogens is 2. The Morgan fingerprint density at radius 1 is 1.08 bits per heavy atom. The highest BCUT2D eigenvalue weighted by molar-refractivity contribution is 6.00. The molecule has 2 unspecified atom stereocenters. The molecule has 4 atom stereocenters. The number of benzene rings is 2. The summed E-state index contributed by atoms with van der Waals surface area (Å²) in [6, 6.07) is 10.6. The zero-order chi connectivity index (χ0) is 25.3. The number of imide groups is 1. The first-order valence-corrected chi connectivity index (χ1v) is 12.9. The van der Waals surface area contributed by atoms with E-state index in [4.69, 9.17) is 9.47 Å². The average molecular weight is 511 g/mol. The van der Waals surface area contributed by atoms with Crippen LogP contribution in [-0.2, 0) is 27.4 Å². The maximum atomic E-state index is 12.9. The SMILES string of the molecule is O=C1CC[C@H](N2Cc3c(ccc4c3OC[C@@H]3CN(Cc5ccc(C(F)F)cc5)CCN43)C3OC32)C(=O)N1. The van der Waals surface area contributed by atoms with E-state index in [2.05, 4.69) is 32.1 Å². The largest absolute Gasteiger partial charge is 0.489 e. The molecule has 10 heteroatoms. The van der Waals surface area contributed by atoms with Crippen molar-refractivity contribution < 1.29 is 27.8 Å². The second-order valence-corrected chi connectivity index (χ2v) is 10.5. The van der Waals surface area contributed by atoms with Crippen molar-refractivity contribution in [2.75, 3.05) is 31.1 Å². The van der Waals surface area contributed by atoms with Gasteiger partial charge in [-0.1, -0.05) is 30.3 Å². The second-order valence-electron chi connectivity index (χ2n) is 10.5. The molecular formula is C27H28F2N4O4. The van der Waals surface area contributed by atoms with E-state index in [0.29, 0.717) is 32.5 Å².